The van der Waals surface area contributed by atoms with Crippen LogP contribution in [-0.2, 0) is 10.3 Å². The van der Waals surface area contributed by atoms with Crippen molar-refractivity contribution in [3.8, 4) is 0 Å². The van der Waals surface area contributed by atoms with E-state index in [0.717, 1.165) is 12.0 Å². The molecule has 16 heavy (non-hydrogen) atoms. The molecule has 2 nitrogen and oxygen atoms in total. The summed E-state index contributed by atoms with van der Waals surface area (Å²) in [6.45, 7) is 0. The molecule has 0 radical (unpaired) electrons. The van der Waals surface area contributed by atoms with Crippen LogP contribution in [0, 0.1) is 0 Å². The Kier molecular flexibility index (Phi) is 4.14. The van der Waals surface area contributed by atoms with Gasteiger partial charge in [0.2, 0.25) is 0 Å². The maximum absolute atomic E-state index is 11.8. The zero-order chi connectivity index (χ0) is 10.9. The molecule has 0 saturated carbocycles. The van der Waals surface area contributed by atoms with Gasteiger partial charge in [-0.2, -0.15) is 0 Å². The molecule has 2 N–H and O–H groups in total. The third-order valence-corrected chi connectivity index (χ3v) is 3.10. The number of carbonyl (C=O) groups is 1. The molecule has 0 fully saturated rings. The van der Waals surface area contributed by atoms with Crippen LogP contribution in [0.1, 0.15) is 18.4 Å². The first-order chi connectivity index (χ1) is 7.14. The van der Waals surface area contributed by atoms with Crippen LogP contribution < -0.4 is 5.73 Å². The number of halogens is 2. The molecule has 1 aromatic rings. The Morgan fingerprint density at radius 2 is 2.00 bits per heavy atom. The lowest BCUT2D eigenvalue weighted by atomic mass is 9.79. The zero-order valence-electron chi connectivity index (χ0n) is 8.65. The van der Waals surface area contributed by atoms with Crippen LogP contribution in [0.3, 0.4) is 0 Å². The molecular formula is C12H13Cl2NO. The number of hydrogen-bond donors (Lipinski definition) is 1. The molecular weight excluding hydrogens is 245 g/mol. The molecule has 1 aromatic carbocycles. The molecule has 0 amide bonds. The van der Waals surface area contributed by atoms with Crippen molar-refractivity contribution in [2.75, 3.05) is 0 Å². The maximum atomic E-state index is 11.8. The highest BCUT2D eigenvalue weighted by molar-refractivity contribution is 6.31. The Balaban J connectivity index is 0.00000128. The minimum absolute atomic E-state index is 0. The Bertz CT molecular complexity index is 431. The Morgan fingerprint density at radius 1 is 1.31 bits per heavy atom. The second-order valence-electron chi connectivity index (χ2n) is 3.76. The van der Waals surface area contributed by atoms with Crippen molar-refractivity contribution >= 4 is 29.8 Å². The molecule has 86 valence electrons. The SMILES string of the molecule is Cl.N[C@]1(c2ccccc2Cl)CCC=CC1=O. The average molecular weight is 258 g/mol. The van der Waals surface area contributed by atoms with Crippen molar-refractivity contribution in [3.63, 3.8) is 0 Å². The summed E-state index contributed by atoms with van der Waals surface area (Å²) in [6.07, 6.45) is 4.83. The lowest BCUT2D eigenvalue weighted by Crippen LogP contribution is -2.45. The van der Waals surface area contributed by atoms with Gasteiger partial charge in [0.25, 0.3) is 0 Å². The lowest BCUT2D eigenvalue weighted by Gasteiger charge is -2.30. The molecule has 0 aliphatic heterocycles. The molecule has 4 heteroatoms. The minimum atomic E-state index is -0.937. The van der Waals surface area contributed by atoms with E-state index in [4.69, 9.17) is 17.3 Å². The lowest BCUT2D eigenvalue weighted by molar-refractivity contribution is -0.120. The van der Waals surface area contributed by atoms with Crippen LogP contribution in [0.4, 0.5) is 0 Å². The average Bonchev–Trinajstić information content (AvgIpc) is 2.23. The van der Waals surface area contributed by atoms with Gasteiger partial charge in [-0.1, -0.05) is 35.9 Å². The molecule has 0 unspecified atom stereocenters. The van der Waals surface area contributed by atoms with Gasteiger partial charge in [0, 0.05) is 5.02 Å². The predicted molar refractivity (Wildman–Crippen MR) is 67.9 cm³/mol. The molecule has 0 heterocycles. The summed E-state index contributed by atoms with van der Waals surface area (Å²) >= 11 is 6.06. The van der Waals surface area contributed by atoms with Gasteiger partial charge in [-0.05, 0) is 30.5 Å². The second kappa shape index (κ2) is 5.00. The van der Waals surface area contributed by atoms with E-state index in [1.807, 2.05) is 24.3 Å². The van der Waals surface area contributed by atoms with Crippen molar-refractivity contribution in [1.82, 2.24) is 0 Å². The third-order valence-electron chi connectivity index (χ3n) is 2.77. The van der Waals surface area contributed by atoms with Crippen LogP contribution in [0.25, 0.3) is 0 Å². The van der Waals surface area contributed by atoms with Crippen LogP contribution in [0.2, 0.25) is 5.02 Å². The van der Waals surface area contributed by atoms with E-state index in [2.05, 4.69) is 0 Å². The van der Waals surface area contributed by atoms with Crippen molar-refractivity contribution in [3.05, 3.63) is 47.0 Å². The van der Waals surface area contributed by atoms with Gasteiger partial charge in [-0.3, -0.25) is 4.79 Å². The quantitative estimate of drug-likeness (QED) is 0.841. The highest BCUT2D eigenvalue weighted by Crippen LogP contribution is 2.33. The minimum Gasteiger partial charge on any atom is -0.315 e. The largest absolute Gasteiger partial charge is 0.315 e. The first kappa shape index (κ1) is 13.2. The Labute approximate surface area is 106 Å². The van der Waals surface area contributed by atoms with Crippen LogP contribution >= 0.6 is 24.0 Å². The van der Waals surface area contributed by atoms with Gasteiger partial charge in [0.05, 0.1) is 0 Å². The summed E-state index contributed by atoms with van der Waals surface area (Å²) in [5, 5.41) is 0.559. The highest BCUT2D eigenvalue weighted by atomic mass is 35.5. The summed E-state index contributed by atoms with van der Waals surface area (Å²) in [5.74, 6) is -0.0677. The first-order valence-corrected chi connectivity index (χ1v) is 5.27. The molecule has 1 aliphatic rings. The third kappa shape index (κ3) is 2.14. The number of carbonyl (C=O) groups excluding carboxylic acids is 1. The maximum Gasteiger partial charge on any atom is 0.179 e. The summed E-state index contributed by atoms with van der Waals surface area (Å²) in [6, 6.07) is 7.26. The number of nitrogens with two attached hydrogens (primary N) is 1. The van der Waals surface area contributed by atoms with Crippen LogP contribution in [-0.4, -0.2) is 5.78 Å². The van der Waals surface area contributed by atoms with Crippen molar-refractivity contribution in [2.24, 2.45) is 5.73 Å². The van der Waals surface area contributed by atoms with E-state index in [1.54, 1.807) is 12.1 Å². The zero-order valence-corrected chi connectivity index (χ0v) is 10.2. The van der Waals surface area contributed by atoms with Crippen molar-refractivity contribution < 1.29 is 4.79 Å². The molecule has 1 atom stereocenters. The van der Waals surface area contributed by atoms with Gasteiger partial charge in [0.15, 0.2) is 5.78 Å². The van der Waals surface area contributed by atoms with Crippen molar-refractivity contribution in [2.45, 2.75) is 18.4 Å². The smallest absolute Gasteiger partial charge is 0.179 e. The first-order valence-electron chi connectivity index (χ1n) is 4.89. The number of allylic oxidation sites excluding steroid dienone is 1. The Hall–Kier alpha value is -0.830. The van der Waals surface area contributed by atoms with Gasteiger partial charge >= 0.3 is 0 Å². The molecule has 0 spiro atoms. The molecule has 0 aromatic heterocycles. The number of hydrogen-bond acceptors (Lipinski definition) is 2. The van der Waals surface area contributed by atoms with E-state index in [9.17, 15) is 4.79 Å². The fraction of sp³-hybridized carbons (Fsp3) is 0.250. The topological polar surface area (TPSA) is 43.1 Å². The van der Waals surface area contributed by atoms with E-state index in [0.29, 0.717) is 11.4 Å². The van der Waals surface area contributed by atoms with Crippen LogP contribution in [0.15, 0.2) is 36.4 Å². The van der Waals surface area contributed by atoms with Gasteiger partial charge in [0.1, 0.15) is 5.54 Å². The fourth-order valence-corrected chi connectivity index (χ4v) is 2.17. The molecule has 0 saturated heterocycles. The van der Waals surface area contributed by atoms with E-state index < -0.39 is 5.54 Å². The monoisotopic (exact) mass is 257 g/mol. The highest BCUT2D eigenvalue weighted by Gasteiger charge is 2.36. The van der Waals surface area contributed by atoms with E-state index in [1.165, 1.54) is 0 Å². The van der Waals surface area contributed by atoms with Crippen molar-refractivity contribution in [1.29, 1.82) is 0 Å². The molecule has 0 bridgehead atoms. The van der Waals surface area contributed by atoms with Gasteiger partial charge in [-0.15, -0.1) is 12.4 Å². The summed E-state index contributed by atoms with van der Waals surface area (Å²) in [4.78, 5) is 11.8. The fourth-order valence-electron chi connectivity index (χ4n) is 1.86. The molecule has 1 aliphatic carbocycles. The predicted octanol–water partition coefficient (Wildman–Crippen LogP) is 2.83. The summed E-state index contributed by atoms with van der Waals surface area (Å²) < 4.78 is 0. The Morgan fingerprint density at radius 3 is 2.62 bits per heavy atom. The van der Waals surface area contributed by atoms with E-state index in [-0.39, 0.29) is 18.2 Å². The van der Waals surface area contributed by atoms with Gasteiger partial charge < -0.3 is 5.73 Å². The molecule has 2 rings (SSSR count). The van der Waals surface area contributed by atoms with Crippen LogP contribution in [0.5, 0.6) is 0 Å². The van der Waals surface area contributed by atoms with E-state index >= 15 is 0 Å². The normalized spacial score (nSPS) is 24.0. The van der Waals surface area contributed by atoms with Gasteiger partial charge in [-0.25, -0.2) is 0 Å². The number of benzene rings is 1. The second-order valence-corrected chi connectivity index (χ2v) is 4.16. The summed E-state index contributed by atoms with van der Waals surface area (Å²) in [5.41, 5.74) is 5.93. The number of ketones is 1. The summed E-state index contributed by atoms with van der Waals surface area (Å²) in [7, 11) is 0. The standard InChI is InChI=1S/C12H12ClNO.ClH/c13-10-6-2-1-5-9(10)12(14)8-4-3-7-11(12)15;/h1-3,5-7H,4,8,14H2;1H/t12-;/m0./s1. The number of rotatable bonds is 1.